The van der Waals surface area contributed by atoms with Gasteiger partial charge in [-0.15, -0.1) is 0 Å². The molecule has 1 aliphatic rings. The summed E-state index contributed by atoms with van der Waals surface area (Å²) >= 11 is 0. The minimum atomic E-state index is -3.93. The molecule has 1 fully saturated rings. The molecule has 0 aromatic carbocycles. The van der Waals surface area contributed by atoms with Crippen molar-refractivity contribution in [3.63, 3.8) is 0 Å². The molecule has 11 heteroatoms. The lowest BCUT2D eigenvalue weighted by atomic mass is 10.1. The fraction of sp³-hybridized carbons (Fsp3) is 0.375. The van der Waals surface area contributed by atoms with Crippen LogP contribution < -0.4 is 9.62 Å². The first-order valence-electron chi connectivity index (χ1n) is 8.40. The van der Waals surface area contributed by atoms with E-state index in [0.29, 0.717) is 36.3 Å². The van der Waals surface area contributed by atoms with Crippen LogP contribution in [0.5, 0.6) is 0 Å². The molecule has 142 valence electrons. The summed E-state index contributed by atoms with van der Waals surface area (Å²) in [5.41, 5.74) is 0.813. The zero-order chi connectivity index (χ0) is 19.2. The molecule has 0 bridgehead atoms. The van der Waals surface area contributed by atoms with Crippen molar-refractivity contribution in [2.24, 2.45) is 7.05 Å². The van der Waals surface area contributed by atoms with Gasteiger partial charge in [0.1, 0.15) is 16.8 Å². The first kappa shape index (κ1) is 17.6. The van der Waals surface area contributed by atoms with Crippen molar-refractivity contribution < 1.29 is 17.7 Å². The van der Waals surface area contributed by atoms with Gasteiger partial charge in [0, 0.05) is 19.7 Å². The van der Waals surface area contributed by atoms with Crippen molar-refractivity contribution in [3.8, 4) is 0 Å². The smallest absolute Gasteiger partial charge is 0.257 e. The van der Waals surface area contributed by atoms with Crippen LogP contribution in [-0.4, -0.2) is 46.8 Å². The zero-order valence-corrected chi connectivity index (χ0v) is 15.6. The summed E-state index contributed by atoms with van der Waals surface area (Å²) in [5.74, 6) is 0.329. The van der Waals surface area contributed by atoms with E-state index >= 15 is 0 Å². The molecule has 27 heavy (non-hydrogen) atoms. The molecule has 1 N–H and O–H groups in total. The fourth-order valence-corrected chi connectivity index (χ4v) is 4.37. The average Bonchev–Trinajstić information content (AvgIpc) is 3.22. The van der Waals surface area contributed by atoms with Gasteiger partial charge in [0.2, 0.25) is 15.9 Å². The number of sulfonamides is 1. The predicted octanol–water partition coefficient (Wildman–Crippen LogP) is 0.739. The maximum absolute atomic E-state index is 12.8. The number of nitrogens with one attached hydrogen (secondary N) is 1. The van der Waals surface area contributed by atoms with Gasteiger partial charge >= 0.3 is 0 Å². The molecule has 1 amide bonds. The number of aryl methyl sites for hydroxylation is 2. The normalized spacial score (nSPS) is 18.4. The number of aromatic nitrogens is 4. The molecule has 0 unspecified atom stereocenters. The molecule has 0 saturated carbocycles. The highest BCUT2D eigenvalue weighted by Crippen LogP contribution is 2.23. The van der Waals surface area contributed by atoms with E-state index in [2.05, 4.69) is 20.0 Å². The van der Waals surface area contributed by atoms with Crippen LogP contribution in [0.3, 0.4) is 0 Å². The maximum Gasteiger partial charge on any atom is 0.257 e. The van der Waals surface area contributed by atoms with E-state index < -0.39 is 16.1 Å². The van der Waals surface area contributed by atoms with E-state index in [1.54, 1.807) is 35.8 Å². The number of piperidine rings is 1. The molecule has 1 atom stereocenters. The summed E-state index contributed by atoms with van der Waals surface area (Å²) in [5, 5.41) is 8.36. The first-order chi connectivity index (χ1) is 12.9. The lowest BCUT2D eigenvalue weighted by molar-refractivity contribution is -0.121. The van der Waals surface area contributed by atoms with E-state index in [4.69, 9.17) is 4.52 Å². The zero-order valence-electron chi connectivity index (χ0n) is 14.8. The highest BCUT2D eigenvalue weighted by atomic mass is 32.2. The topological polar surface area (TPSA) is 123 Å². The number of amides is 1. The molecule has 3 aromatic heterocycles. The molecule has 0 radical (unpaired) electrons. The van der Waals surface area contributed by atoms with E-state index in [1.165, 1.54) is 12.3 Å². The Kier molecular flexibility index (Phi) is 4.19. The third kappa shape index (κ3) is 3.08. The summed E-state index contributed by atoms with van der Waals surface area (Å²) in [7, 11) is -2.20. The summed E-state index contributed by atoms with van der Waals surface area (Å²) in [4.78, 5) is 18.3. The number of rotatable bonds is 4. The van der Waals surface area contributed by atoms with Crippen molar-refractivity contribution in [3.05, 3.63) is 30.2 Å². The largest absolute Gasteiger partial charge is 0.336 e. The number of carbonyl (C=O) groups is 1. The molecular weight excluding hydrogens is 372 g/mol. The molecule has 1 aliphatic heterocycles. The molecule has 0 spiro atoms. The number of nitrogens with zero attached hydrogens (tertiary/aromatic N) is 5. The summed E-state index contributed by atoms with van der Waals surface area (Å²) < 4.78 is 34.7. The first-order valence-corrected chi connectivity index (χ1v) is 9.89. The molecule has 4 heterocycles. The van der Waals surface area contributed by atoms with E-state index in [1.807, 2.05) is 0 Å². The summed E-state index contributed by atoms with van der Waals surface area (Å²) in [6, 6.07) is 2.32. The third-order valence-electron chi connectivity index (χ3n) is 4.60. The van der Waals surface area contributed by atoms with Crippen molar-refractivity contribution in [1.29, 1.82) is 0 Å². The van der Waals surface area contributed by atoms with Crippen LogP contribution >= 0.6 is 0 Å². The highest BCUT2D eigenvalue weighted by molar-refractivity contribution is 7.89. The van der Waals surface area contributed by atoms with Gasteiger partial charge < -0.3 is 4.52 Å². The van der Waals surface area contributed by atoms with Crippen LogP contribution in [0, 0.1) is 6.92 Å². The molecule has 0 aliphatic carbocycles. The number of pyridine rings is 1. The van der Waals surface area contributed by atoms with Gasteiger partial charge in [-0.25, -0.2) is 13.4 Å². The van der Waals surface area contributed by atoms with Gasteiger partial charge in [-0.2, -0.15) is 9.82 Å². The second-order valence-corrected chi connectivity index (χ2v) is 8.12. The second-order valence-electron chi connectivity index (χ2n) is 6.41. The number of anilines is 1. The lowest BCUT2D eigenvalue weighted by Gasteiger charge is -2.32. The van der Waals surface area contributed by atoms with Gasteiger partial charge in [-0.3, -0.25) is 14.4 Å². The summed E-state index contributed by atoms with van der Waals surface area (Å²) in [6.45, 7) is 2.22. The van der Waals surface area contributed by atoms with E-state index in [0.717, 1.165) is 0 Å². The van der Waals surface area contributed by atoms with Crippen molar-refractivity contribution >= 4 is 32.8 Å². The lowest BCUT2D eigenvalue weighted by Crippen LogP contribution is -2.52. The standard InChI is InChI=1S/C16H18N6O4S/c1-10-12-8-11(9-17-15(12)26-19-10)27(24,25)20-13-4-3-7-22(16(13)23)14-5-6-18-21(14)2/h5-6,8-9,13,20H,3-4,7H2,1-2H3/t13-/m0/s1. The quantitative estimate of drug-likeness (QED) is 0.697. The second kappa shape index (κ2) is 6.43. The van der Waals surface area contributed by atoms with Gasteiger partial charge in [0.05, 0.1) is 23.5 Å². The Hall–Kier alpha value is -2.79. The fourth-order valence-electron chi connectivity index (χ4n) is 3.17. The Morgan fingerprint density at radius 2 is 2.19 bits per heavy atom. The van der Waals surface area contributed by atoms with Crippen LogP contribution in [0.15, 0.2) is 33.9 Å². The van der Waals surface area contributed by atoms with Crippen LogP contribution in [0.25, 0.3) is 11.1 Å². The number of carbonyl (C=O) groups excluding carboxylic acids is 1. The van der Waals surface area contributed by atoms with Crippen LogP contribution in [0.1, 0.15) is 18.5 Å². The van der Waals surface area contributed by atoms with Crippen LogP contribution in [0.2, 0.25) is 0 Å². The van der Waals surface area contributed by atoms with Crippen molar-refractivity contribution in [2.45, 2.75) is 30.7 Å². The SMILES string of the molecule is Cc1noc2ncc(S(=O)(=O)N[C@H]3CCCN(c4ccnn4C)C3=O)cc12. The highest BCUT2D eigenvalue weighted by Gasteiger charge is 2.34. The monoisotopic (exact) mass is 390 g/mol. The molecule has 1 saturated heterocycles. The Morgan fingerprint density at radius 3 is 2.93 bits per heavy atom. The molecular formula is C16H18N6O4S. The molecule has 3 aromatic rings. The summed E-state index contributed by atoms with van der Waals surface area (Å²) in [6.07, 6.45) is 3.89. The van der Waals surface area contributed by atoms with Gasteiger partial charge in [0.25, 0.3) is 5.71 Å². The maximum atomic E-state index is 12.8. The number of hydrogen-bond donors (Lipinski definition) is 1. The van der Waals surface area contributed by atoms with Gasteiger partial charge in [-0.1, -0.05) is 5.16 Å². The Balaban J connectivity index is 1.60. The Bertz CT molecular complexity index is 1120. The van der Waals surface area contributed by atoms with Crippen LogP contribution in [-0.2, 0) is 21.9 Å². The van der Waals surface area contributed by atoms with Gasteiger partial charge in [-0.05, 0) is 25.8 Å². The minimum absolute atomic E-state index is 0.0354. The van der Waals surface area contributed by atoms with E-state index in [9.17, 15) is 13.2 Å². The van der Waals surface area contributed by atoms with Gasteiger partial charge in [0.15, 0.2) is 0 Å². The minimum Gasteiger partial charge on any atom is -0.336 e. The van der Waals surface area contributed by atoms with E-state index in [-0.39, 0.29) is 16.5 Å². The number of hydrogen-bond acceptors (Lipinski definition) is 7. The van der Waals surface area contributed by atoms with Crippen molar-refractivity contribution in [1.82, 2.24) is 24.6 Å². The Labute approximate surface area is 155 Å². The third-order valence-corrected chi connectivity index (χ3v) is 6.04. The molecule has 10 nitrogen and oxygen atoms in total. The van der Waals surface area contributed by atoms with Crippen molar-refractivity contribution in [2.75, 3.05) is 11.4 Å². The number of fused-ring (bicyclic) bond motifs is 1. The average molecular weight is 390 g/mol. The Morgan fingerprint density at radius 1 is 1.37 bits per heavy atom. The van der Waals surface area contributed by atoms with Crippen LogP contribution in [0.4, 0.5) is 5.82 Å². The molecule has 4 rings (SSSR count). The predicted molar refractivity (Wildman–Crippen MR) is 95.4 cm³/mol.